The number of anilines is 2. The van der Waals surface area contributed by atoms with E-state index in [0.717, 1.165) is 5.01 Å². The summed E-state index contributed by atoms with van der Waals surface area (Å²) >= 11 is 2.72. The summed E-state index contributed by atoms with van der Waals surface area (Å²) in [6.45, 7) is 4.04. The van der Waals surface area contributed by atoms with Gasteiger partial charge in [0.2, 0.25) is 5.13 Å². The van der Waals surface area contributed by atoms with Crippen LogP contribution < -0.4 is 10.6 Å². The largest absolute Gasteiger partial charge is 0.321 e. The van der Waals surface area contributed by atoms with Gasteiger partial charge in [-0.2, -0.15) is 0 Å². The van der Waals surface area contributed by atoms with E-state index in [1.165, 1.54) is 22.7 Å². The molecule has 0 radical (unpaired) electrons. The van der Waals surface area contributed by atoms with Gasteiger partial charge in [0.15, 0.2) is 0 Å². The van der Waals surface area contributed by atoms with Crippen molar-refractivity contribution in [2.45, 2.75) is 19.8 Å². The molecular weight excluding hydrogens is 356 g/mol. The number of amides is 2. The summed E-state index contributed by atoms with van der Waals surface area (Å²) in [5.74, 6) is -0.226. The molecule has 3 aromatic rings. The Morgan fingerprint density at radius 1 is 1.04 bits per heavy atom. The molecule has 0 saturated heterocycles. The lowest BCUT2D eigenvalue weighted by Gasteiger charge is -2.06. The van der Waals surface area contributed by atoms with Crippen molar-refractivity contribution in [2.75, 3.05) is 10.6 Å². The Morgan fingerprint density at radius 2 is 1.88 bits per heavy atom. The van der Waals surface area contributed by atoms with Gasteiger partial charge in [-0.05, 0) is 29.6 Å². The second-order valence-corrected chi connectivity index (χ2v) is 7.52. The van der Waals surface area contributed by atoms with Crippen LogP contribution in [0.2, 0.25) is 0 Å². The molecule has 0 fully saturated rings. The van der Waals surface area contributed by atoms with Crippen molar-refractivity contribution in [3.63, 3.8) is 0 Å². The van der Waals surface area contributed by atoms with Gasteiger partial charge in [0, 0.05) is 17.2 Å². The van der Waals surface area contributed by atoms with Gasteiger partial charge in [-0.3, -0.25) is 14.9 Å². The number of carbonyl (C=O) groups excluding carboxylic acids is 2. The highest BCUT2D eigenvalue weighted by Crippen LogP contribution is 2.23. The molecular formula is C17H16N4O2S2. The maximum absolute atomic E-state index is 12.4. The highest BCUT2D eigenvalue weighted by Gasteiger charge is 2.13. The Hall–Kier alpha value is -2.58. The van der Waals surface area contributed by atoms with Gasteiger partial charge in [0.05, 0.1) is 4.88 Å². The summed E-state index contributed by atoms with van der Waals surface area (Å²) in [4.78, 5) is 25.1. The number of hydrogen-bond donors (Lipinski definition) is 2. The molecule has 0 aliphatic carbocycles. The van der Waals surface area contributed by atoms with Crippen LogP contribution in [0.3, 0.4) is 0 Å². The first kappa shape index (κ1) is 17.2. The molecule has 0 bridgehead atoms. The zero-order valence-corrected chi connectivity index (χ0v) is 15.3. The molecule has 8 heteroatoms. The minimum atomic E-state index is -0.293. The molecule has 2 aromatic heterocycles. The second kappa shape index (κ2) is 7.54. The van der Waals surface area contributed by atoms with E-state index in [-0.39, 0.29) is 17.7 Å². The van der Waals surface area contributed by atoms with Crippen molar-refractivity contribution in [3.8, 4) is 0 Å². The van der Waals surface area contributed by atoms with E-state index in [1.807, 2.05) is 25.3 Å². The summed E-state index contributed by atoms with van der Waals surface area (Å²) in [7, 11) is 0. The molecule has 2 N–H and O–H groups in total. The molecule has 1 aromatic carbocycles. The fraction of sp³-hybridized carbons (Fsp3) is 0.176. The minimum Gasteiger partial charge on any atom is -0.321 e. The number of nitrogens with zero attached hydrogens (tertiary/aromatic N) is 2. The second-order valence-electron chi connectivity index (χ2n) is 5.57. The molecule has 2 amide bonds. The lowest BCUT2D eigenvalue weighted by molar-refractivity contribution is 0.101. The van der Waals surface area contributed by atoms with Crippen LogP contribution in [0, 0.1) is 0 Å². The van der Waals surface area contributed by atoms with Gasteiger partial charge >= 0.3 is 0 Å². The topological polar surface area (TPSA) is 84.0 Å². The van der Waals surface area contributed by atoms with Gasteiger partial charge in [-0.15, -0.1) is 21.5 Å². The summed E-state index contributed by atoms with van der Waals surface area (Å²) < 4.78 is 0. The van der Waals surface area contributed by atoms with E-state index in [2.05, 4.69) is 20.8 Å². The van der Waals surface area contributed by atoms with Gasteiger partial charge in [-0.25, -0.2) is 0 Å². The maximum Gasteiger partial charge on any atom is 0.265 e. The van der Waals surface area contributed by atoms with E-state index < -0.39 is 0 Å². The van der Waals surface area contributed by atoms with Crippen LogP contribution in [0.15, 0.2) is 41.8 Å². The molecule has 0 spiro atoms. The van der Waals surface area contributed by atoms with Crippen molar-refractivity contribution in [2.24, 2.45) is 0 Å². The standard InChI is InChI=1S/C17H16N4O2S2/c1-10(2)16-20-21-17(25-16)19-14(22)11-5-3-6-12(9-11)18-15(23)13-7-4-8-24-13/h3-10H,1-2H3,(H,18,23)(H,19,21,22). The molecule has 2 heterocycles. The number of rotatable bonds is 5. The third-order valence-electron chi connectivity index (χ3n) is 3.28. The number of nitrogens with one attached hydrogen (secondary N) is 2. The summed E-state index contributed by atoms with van der Waals surface area (Å²) in [5.41, 5.74) is 0.997. The van der Waals surface area contributed by atoms with Gasteiger partial charge < -0.3 is 5.32 Å². The fourth-order valence-electron chi connectivity index (χ4n) is 2.03. The Labute approximate surface area is 152 Å². The molecule has 0 aliphatic heterocycles. The van der Waals surface area contributed by atoms with Crippen LogP contribution in [0.4, 0.5) is 10.8 Å². The third kappa shape index (κ3) is 4.28. The first-order chi connectivity index (χ1) is 12.0. The first-order valence-electron chi connectivity index (χ1n) is 7.62. The smallest absolute Gasteiger partial charge is 0.265 e. The predicted octanol–water partition coefficient (Wildman–Crippen LogP) is 4.23. The molecule has 25 heavy (non-hydrogen) atoms. The van der Waals surface area contributed by atoms with E-state index in [4.69, 9.17) is 0 Å². The van der Waals surface area contributed by atoms with Crippen LogP contribution in [0.25, 0.3) is 0 Å². The summed E-state index contributed by atoms with van der Waals surface area (Å²) in [5, 5.41) is 16.7. The Morgan fingerprint density at radius 3 is 2.56 bits per heavy atom. The number of carbonyl (C=O) groups is 2. The monoisotopic (exact) mass is 372 g/mol. The van der Waals surface area contributed by atoms with Crippen LogP contribution in [0.1, 0.15) is 44.8 Å². The average Bonchev–Trinajstić information content (AvgIpc) is 3.27. The van der Waals surface area contributed by atoms with Crippen LogP contribution in [-0.4, -0.2) is 22.0 Å². The van der Waals surface area contributed by atoms with Crippen molar-refractivity contribution in [1.29, 1.82) is 0 Å². The van der Waals surface area contributed by atoms with Crippen molar-refractivity contribution >= 4 is 45.3 Å². The quantitative estimate of drug-likeness (QED) is 0.702. The van der Waals surface area contributed by atoms with Crippen molar-refractivity contribution < 1.29 is 9.59 Å². The van der Waals surface area contributed by atoms with E-state index >= 15 is 0 Å². The lowest BCUT2D eigenvalue weighted by Crippen LogP contribution is -2.14. The number of benzene rings is 1. The minimum absolute atomic E-state index is 0.196. The number of hydrogen-bond acceptors (Lipinski definition) is 6. The highest BCUT2D eigenvalue weighted by atomic mass is 32.1. The molecule has 3 rings (SSSR count). The van der Waals surface area contributed by atoms with Gasteiger partial charge in [0.1, 0.15) is 5.01 Å². The number of aromatic nitrogens is 2. The van der Waals surface area contributed by atoms with E-state index in [1.54, 1.807) is 30.3 Å². The van der Waals surface area contributed by atoms with Gasteiger partial charge in [0.25, 0.3) is 11.8 Å². The molecule has 0 aliphatic rings. The van der Waals surface area contributed by atoms with Crippen LogP contribution in [0.5, 0.6) is 0 Å². The van der Waals surface area contributed by atoms with Crippen molar-refractivity contribution in [1.82, 2.24) is 10.2 Å². The summed E-state index contributed by atoms with van der Waals surface area (Å²) in [6, 6.07) is 10.3. The first-order valence-corrected chi connectivity index (χ1v) is 9.32. The van der Waals surface area contributed by atoms with Crippen molar-refractivity contribution in [3.05, 3.63) is 57.2 Å². The normalized spacial score (nSPS) is 10.7. The van der Waals surface area contributed by atoms with Gasteiger partial charge in [-0.1, -0.05) is 37.3 Å². The van der Waals surface area contributed by atoms with Crippen LogP contribution >= 0.6 is 22.7 Å². The molecule has 6 nitrogen and oxygen atoms in total. The Kier molecular flexibility index (Phi) is 5.20. The molecule has 0 saturated carbocycles. The Balaban J connectivity index is 1.69. The fourth-order valence-corrected chi connectivity index (χ4v) is 3.39. The zero-order chi connectivity index (χ0) is 17.8. The Bertz CT molecular complexity index is 888. The van der Waals surface area contributed by atoms with E-state index in [0.29, 0.717) is 21.3 Å². The lowest BCUT2D eigenvalue weighted by atomic mass is 10.2. The zero-order valence-electron chi connectivity index (χ0n) is 13.6. The predicted molar refractivity (Wildman–Crippen MR) is 101 cm³/mol. The van der Waals surface area contributed by atoms with Crippen LogP contribution in [-0.2, 0) is 0 Å². The molecule has 0 unspecified atom stereocenters. The third-order valence-corrected chi connectivity index (χ3v) is 5.29. The molecule has 0 atom stereocenters. The number of thiophene rings is 1. The molecule has 128 valence electrons. The average molecular weight is 372 g/mol. The maximum atomic E-state index is 12.4. The summed E-state index contributed by atoms with van der Waals surface area (Å²) in [6.07, 6.45) is 0. The SMILES string of the molecule is CC(C)c1nnc(NC(=O)c2cccc(NC(=O)c3cccs3)c2)s1. The highest BCUT2D eigenvalue weighted by molar-refractivity contribution is 7.15. The van der Waals surface area contributed by atoms with E-state index in [9.17, 15) is 9.59 Å².